The molecule has 1 spiro atoms. The summed E-state index contributed by atoms with van der Waals surface area (Å²) in [5.74, 6) is 0.517. The van der Waals surface area contributed by atoms with Crippen LogP contribution in [-0.4, -0.2) is 63.9 Å². The Balaban J connectivity index is 1.26. The molecule has 1 aromatic carbocycles. The molecule has 8 heteroatoms. The largest absolute Gasteiger partial charge is 0.350 e. The molecule has 2 aliphatic rings. The van der Waals surface area contributed by atoms with Gasteiger partial charge in [0.05, 0.1) is 23.6 Å². The van der Waals surface area contributed by atoms with Crippen molar-refractivity contribution in [3.8, 4) is 0 Å². The Hall–Kier alpha value is -1.70. The van der Waals surface area contributed by atoms with E-state index in [2.05, 4.69) is 25.1 Å². The first-order chi connectivity index (χ1) is 12.6. The summed E-state index contributed by atoms with van der Waals surface area (Å²) in [6.45, 7) is 11.0. The number of benzene rings is 1. The molecule has 2 aliphatic heterocycles. The summed E-state index contributed by atoms with van der Waals surface area (Å²) < 4.78 is 13.4. The van der Waals surface area contributed by atoms with Gasteiger partial charge in [-0.1, -0.05) is 11.6 Å². The van der Waals surface area contributed by atoms with Crippen molar-refractivity contribution in [3.05, 3.63) is 28.8 Å². The Morgan fingerprint density at radius 1 is 1.30 bits per heavy atom. The minimum atomic E-state index is -0.365. The number of aromatic amines is 1. The summed E-state index contributed by atoms with van der Waals surface area (Å²) in [7, 11) is 0. The van der Waals surface area contributed by atoms with Crippen LogP contribution in [-0.2, 0) is 11.3 Å². The molecular formula is C19H25ClFN5O. The van der Waals surface area contributed by atoms with Gasteiger partial charge in [0.15, 0.2) is 0 Å². The zero-order chi connectivity index (χ0) is 19.4. The van der Waals surface area contributed by atoms with Crippen LogP contribution >= 0.6 is 11.6 Å². The van der Waals surface area contributed by atoms with E-state index < -0.39 is 0 Å². The van der Waals surface area contributed by atoms with E-state index in [9.17, 15) is 9.18 Å². The average Bonchev–Trinajstić information content (AvgIpc) is 2.83. The van der Waals surface area contributed by atoms with Crippen LogP contribution < -0.4 is 5.32 Å². The van der Waals surface area contributed by atoms with E-state index in [-0.39, 0.29) is 17.3 Å². The molecule has 2 fully saturated rings. The quantitative estimate of drug-likeness (QED) is 0.837. The van der Waals surface area contributed by atoms with Gasteiger partial charge in [0.25, 0.3) is 0 Å². The lowest BCUT2D eigenvalue weighted by molar-refractivity contribution is -0.139. The highest BCUT2D eigenvalue weighted by atomic mass is 35.5. The lowest BCUT2D eigenvalue weighted by Crippen LogP contribution is -2.72. The lowest BCUT2D eigenvalue weighted by Gasteiger charge is -2.60. The number of aromatic nitrogens is 2. The molecule has 2 saturated heterocycles. The van der Waals surface area contributed by atoms with Crippen LogP contribution in [0.25, 0.3) is 11.0 Å². The summed E-state index contributed by atoms with van der Waals surface area (Å²) in [5, 5.41) is 3.33. The summed E-state index contributed by atoms with van der Waals surface area (Å²) in [5.41, 5.74) is 1.36. The first-order valence-electron chi connectivity index (χ1n) is 9.20. The third-order valence-corrected chi connectivity index (χ3v) is 5.33. The molecule has 0 atom stereocenters. The van der Waals surface area contributed by atoms with Crippen LogP contribution in [0, 0.1) is 11.2 Å². The Morgan fingerprint density at radius 2 is 1.96 bits per heavy atom. The average molecular weight is 394 g/mol. The third kappa shape index (κ3) is 3.95. The summed E-state index contributed by atoms with van der Waals surface area (Å²) >= 11 is 6.06. The molecule has 3 heterocycles. The molecule has 0 bridgehead atoms. The number of hydrogen-bond donors (Lipinski definition) is 2. The van der Waals surface area contributed by atoms with Gasteiger partial charge in [-0.05, 0) is 32.9 Å². The highest BCUT2D eigenvalue weighted by Gasteiger charge is 2.51. The zero-order valence-electron chi connectivity index (χ0n) is 15.9. The fourth-order valence-corrected chi connectivity index (χ4v) is 4.52. The van der Waals surface area contributed by atoms with Gasteiger partial charge in [0.2, 0.25) is 5.91 Å². The second-order valence-corrected chi connectivity index (χ2v) is 9.46. The fourth-order valence-electron chi connectivity index (χ4n) is 4.27. The number of nitrogens with zero attached hydrogens (tertiary/aromatic N) is 3. The molecule has 27 heavy (non-hydrogen) atoms. The minimum absolute atomic E-state index is 0.0833. The van der Waals surface area contributed by atoms with Gasteiger partial charge in [0.1, 0.15) is 17.2 Å². The smallest absolute Gasteiger partial charge is 0.234 e. The Kier molecular flexibility index (Phi) is 4.44. The first kappa shape index (κ1) is 18.7. The van der Waals surface area contributed by atoms with Gasteiger partial charge in [-0.3, -0.25) is 14.6 Å². The molecule has 0 aliphatic carbocycles. The standard InChI is InChI=1S/C19H25ClFN5O/c1-18(2,3)24-16(27)7-26-10-19(11-26)8-25(9-19)6-15-22-14-5-12(21)4-13(20)17(14)23-15/h4-5H,6-11H2,1-3H3,(H,22,23)(H,24,27). The predicted octanol–water partition coefficient (Wildman–Crippen LogP) is 2.39. The van der Waals surface area contributed by atoms with Crippen molar-refractivity contribution in [1.29, 1.82) is 0 Å². The summed E-state index contributed by atoms with van der Waals surface area (Å²) in [6, 6.07) is 2.70. The second kappa shape index (κ2) is 6.43. The second-order valence-electron chi connectivity index (χ2n) is 9.06. The SMILES string of the molecule is CC(C)(C)NC(=O)CN1CC2(C1)CN(Cc1nc3c(Cl)cc(F)cc3[nH]1)C2. The van der Waals surface area contributed by atoms with Crippen molar-refractivity contribution >= 4 is 28.5 Å². The lowest BCUT2D eigenvalue weighted by atomic mass is 9.73. The Morgan fingerprint density at radius 3 is 2.63 bits per heavy atom. The van der Waals surface area contributed by atoms with Gasteiger partial charge in [-0.25, -0.2) is 9.37 Å². The van der Waals surface area contributed by atoms with Crippen LogP contribution in [0.2, 0.25) is 5.02 Å². The fraction of sp³-hybridized carbons (Fsp3) is 0.579. The van der Waals surface area contributed by atoms with Gasteiger partial charge in [0, 0.05) is 37.1 Å². The number of halogens is 2. The maximum absolute atomic E-state index is 13.4. The molecule has 1 aromatic heterocycles. The van der Waals surface area contributed by atoms with E-state index in [1.54, 1.807) is 0 Å². The molecule has 6 nitrogen and oxygen atoms in total. The minimum Gasteiger partial charge on any atom is -0.350 e. The Bertz CT molecular complexity index is 876. The van der Waals surface area contributed by atoms with Crippen molar-refractivity contribution in [2.45, 2.75) is 32.9 Å². The highest BCUT2D eigenvalue weighted by Crippen LogP contribution is 2.40. The number of rotatable bonds is 4. The summed E-state index contributed by atoms with van der Waals surface area (Å²) in [6.07, 6.45) is 0. The maximum Gasteiger partial charge on any atom is 0.234 e. The number of fused-ring (bicyclic) bond motifs is 1. The molecule has 0 unspecified atom stereocenters. The monoisotopic (exact) mass is 393 g/mol. The predicted molar refractivity (Wildman–Crippen MR) is 103 cm³/mol. The first-order valence-corrected chi connectivity index (χ1v) is 9.58. The van der Waals surface area contributed by atoms with E-state index in [1.807, 2.05) is 20.8 Å². The van der Waals surface area contributed by atoms with E-state index in [4.69, 9.17) is 11.6 Å². The van der Waals surface area contributed by atoms with Crippen LogP contribution in [0.4, 0.5) is 4.39 Å². The normalized spacial score (nSPS) is 19.9. The van der Waals surface area contributed by atoms with Gasteiger partial charge < -0.3 is 10.3 Å². The number of carbonyl (C=O) groups excluding carboxylic acids is 1. The molecule has 0 radical (unpaired) electrons. The van der Waals surface area contributed by atoms with E-state index in [1.165, 1.54) is 12.1 Å². The van der Waals surface area contributed by atoms with Crippen LogP contribution in [0.15, 0.2) is 12.1 Å². The van der Waals surface area contributed by atoms with Crippen LogP contribution in [0.3, 0.4) is 0 Å². The summed E-state index contributed by atoms with van der Waals surface area (Å²) in [4.78, 5) is 24.2. The highest BCUT2D eigenvalue weighted by molar-refractivity contribution is 6.34. The molecule has 2 aromatic rings. The van der Waals surface area contributed by atoms with Gasteiger partial charge in [-0.15, -0.1) is 0 Å². The molecule has 4 rings (SSSR count). The van der Waals surface area contributed by atoms with Crippen molar-refractivity contribution in [3.63, 3.8) is 0 Å². The number of imidazole rings is 1. The molecular weight excluding hydrogens is 369 g/mol. The number of H-pyrrole nitrogens is 1. The van der Waals surface area contributed by atoms with E-state index >= 15 is 0 Å². The zero-order valence-corrected chi connectivity index (χ0v) is 16.7. The number of carbonyl (C=O) groups is 1. The van der Waals surface area contributed by atoms with Crippen molar-refractivity contribution in [1.82, 2.24) is 25.1 Å². The van der Waals surface area contributed by atoms with E-state index in [0.717, 1.165) is 32.0 Å². The topological polar surface area (TPSA) is 64.3 Å². The van der Waals surface area contributed by atoms with E-state index in [0.29, 0.717) is 34.6 Å². The number of hydrogen-bond acceptors (Lipinski definition) is 4. The number of amides is 1. The van der Waals surface area contributed by atoms with Crippen LogP contribution in [0.1, 0.15) is 26.6 Å². The molecule has 146 valence electrons. The molecule has 0 saturated carbocycles. The number of nitrogens with one attached hydrogen (secondary N) is 2. The Labute approximate surface area is 163 Å². The van der Waals surface area contributed by atoms with Crippen molar-refractivity contribution in [2.75, 3.05) is 32.7 Å². The van der Waals surface area contributed by atoms with Crippen molar-refractivity contribution < 1.29 is 9.18 Å². The third-order valence-electron chi connectivity index (χ3n) is 5.04. The van der Waals surface area contributed by atoms with Gasteiger partial charge >= 0.3 is 0 Å². The van der Waals surface area contributed by atoms with Crippen molar-refractivity contribution in [2.24, 2.45) is 5.41 Å². The van der Waals surface area contributed by atoms with Gasteiger partial charge in [-0.2, -0.15) is 0 Å². The van der Waals surface area contributed by atoms with Crippen LogP contribution in [0.5, 0.6) is 0 Å². The molecule has 2 N–H and O–H groups in total. The molecule has 1 amide bonds. The number of likely N-dealkylation sites (tertiary alicyclic amines) is 2. The maximum atomic E-state index is 13.4.